The molecular formula is C23H28O2Si. The number of benzene rings is 2. The molecule has 0 fully saturated rings. The second-order valence-electron chi connectivity index (χ2n) is 7.36. The summed E-state index contributed by atoms with van der Waals surface area (Å²) in [6.07, 6.45) is 6.48. The smallest absolute Gasteiger partial charge is 0.261 e. The second-order valence-corrected chi connectivity index (χ2v) is 11.6. The third-order valence-electron chi connectivity index (χ3n) is 4.59. The Morgan fingerprint density at radius 3 is 1.88 bits per heavy atom. The number of carbonyl (C=O) groups is 1. The molecule has 0 radical (unpaired) electrons. The Morgan fingerprint density at radius 1 is 1.00 bits per heavy atom. The van der Waals surface area contributed by atoms with Gasteiger partial charge in [-0.25, -0.2) is 0 Å². The lowest BCUT2D eigenvalue weighted by Gasteiger charge is -2.44. The van der Waals surface area contributed by atoms with Crippen LogP contribution in [0.15, 0.2) is 85.5 Å². The molecule has 0 aliphatic heterocycles. The van der Waals surface area contributed by atoms with Crippen LogP contribution < -0.4 is 10.4 Å². The summed E-state index contributed by atoms with van der Waals surface area (Å²) in [4.78, 5) is 10.6. The molecule has 0 aromatic heterocycles. The summed E-state index contributed by atoms with van der Waals surface area (Å²) in [5.74, 6) is 0. The van der Waals surface area contributed by atoms with Gasteiger partial charge in [0.15, 0.2) is 0 Å². The Hall–Kier alpha value is -2.23. The van der Waals surface area contributed by atoms with Crippen LogP contribution in [-0.2, 0) is 9.22 Å². The molecule has 0 bridgehead atoms. The van der Waals surface area contributed by atoms with E-state index in [1.165, 1.54) is 16.4 Å². The zero-order valence-electron chi connectivity index (χ0n) is 15.9. The van der Waals surface area contributed by atoms with Crippen molar-refractivity contribution in [2.75, 3.05) is 0 Å². The van der Waals surface area contributed by atoms with E-state index in [4.69, 9.17) is 4.43 Å². The van der Waals surface area contributed by atoms with Gasteiger partial charge < -0.3 is 4.43 Å². The lowest BCUT2D eigenvalue weighted by molar-refractivity contribution is -0.104. The zero-order valence-corrected chi connectivity index (χ0v) is 16.9. The Morgan fingerprint density at radius 2 is 1.50 bits per heavy atom. The first kappa shape index (κ1) is 20.1. The van der Waals surface area contributed by atoms with Crippen LogP contribution in [0.2, 0.25) is 5.04 Å². The molecule has 0 amide bonds. The van der Waals surface area contributed by atoms with Crippen molar-refractivity contribution >= 4 is 25.0 Å². The minimum absolute atomic E-state index is 0.0780. The standard InChI is InChI=1S/C23H28O2Si/c1-5-20(14-12-13-19-24)25-26(23(2,3)4,21-15-8-6-9-16-21)22-17-10-7-11-18-22/h5-13,15-20H,1,14H2,2-4H3/b13-12+. The van der Waals surface area contributed by atoms with Gasteiger partial charge in [-0.3, -0.25) is 4.79 Å². The monoisotopic (exact) mass is 364 g/mol. The predicted octanol–water partition coefficient (Wildman–Crippen LogP) is 4.26. The molecular weight excluding hydrogens is 336 g/mol. The van der Waals surface area contributed by atoms with Gasteiger partial charge in [-0.2, -0.15) is 0 Å². The van der Waals surface area contributed by atoms with Gasteiger partial charge >= 0.3 is 0 Å². The van der Waals surface area contributed by atoms with E-state index >= 15 is 0 Å². The molecule has 2 aromatic rings. The lowest BCUT2D eigenvalue weighted by Crippen LogP contribution is -2.67. The van der Waals surface area contributed by atoms with Gasteiger partial charge in [-0.15, -0.1) is 6.58 Å². The summed E-state index contributed by atoms with van der Waals surface area (Å²) in [6.45, 7) is 10.7. The molecule has 136 valence electrons. The number of allylic oxidation sites excluding steroid dienone is 1. The van der Waals surface area contributed by atoms with Crippen molar-refractivity contribution in [3.8, 4) is 0 Å². The van der Waals surface area contributed by atoms with E-state index in [9.17, 15) is 4.79 Å². The van der Waals surface area contributed by atoms with Gasteiger partial charge in [0, 0.05) is 0 Å². The van der Waals surface area contributed by atoms with E-state index < -0.39 is 8.32 Å². The summed E-state index contributed by atoms with van der Waals surface area (Å²) >= 11 is 0. The molecule has 0 saturated carbocycles. The maximum absolute atomic E-state index is 10.6. The van der Waals surface area contributed by atoms with Crippen molar-refractivity contribution < 1.29 is 9.22 Å². The van der Waals surface area contributed by atoms with Gasteiger partial charge in [-0.1, -0.05) is 93.6 Å². The molecule has 0 aliphatic carbocycles. The number of carbonyl (C=O) groups excluding carboxylic acids is 1. The van der Waals surface area contributed by atoms with Crippen molar-refractivity contribution in [1.82, 2.24) is 0 Å². The quantitative estimate of drug-likeness (QED) is 0.303. The number of rotatable bonds is 8. The normalized spacial score (nSPS) is 13.5. The summed E-state index contributed by atoms with van der Waals surface area (Å²) < 4.78 is 6.92. The number of aldehydes is 1. The highest BCUT2D eigenvalue weighted by Crippen LogP contribution is 2.37. The maximum Gasteiger partial charge on any atom is 0.261 e. The van der Waals surface area contributed by atoms with Crippen LogP contribution in [0.4, 0.5) is 0 Å². The largest absolute Gasteiger partial charge is 0.401 e. The fourth-order valence-corrected chi connectivity index (χ4v) is 8.04. The minimum atomic E-state index is -2.59. The van der Waals surface area contributed by atoms with Crippen LogP contribution in [0.1, 0.15) is 27.2 Å². The summed E-state index contributed by atoms with van der Waals surface area (Å²) in [6, 6.07) is 21.1. The first-order valence-corrected chi connectivity index (χ1v) is 10.9. The number of hydrogen-bond acceptors (Lipinski definition) is 2. The molecule has 0 spiro atoms. The number of hydrogen-bond donors (Lipinski definition) is 0. The van der Waals surface area contributed by atoms with Crippen molar-refractivity contribution in [2.45, 2.75) is 38.3 Å². The van der Waals surface area contributed by atoms with Gasteiger partial charge in [0.25, 0.3) is 8.32 Å². The molecule has 3 heteroatoms. The topological polar surface area (TPSA) is 26.3 Å². The van der Waals surface area contributed by atoms with E-state index in [-0.39, 0.29) is 11.1 Å². The van der Waals surface area contributed by atoms with Crippen LogP contribution in [0.5, 0.6) is 0 Å². The highest BCUT2D eigenvalue weighted by atomic mass is 28.4. The third-order valence-corrected chi connectivity index (χ3v) is 9.65. The Labute approximate surface area is 158 Å². The SMILES string of the molecule is C=CC(C/C=C/C=O)O[Si](c1ccccc1)(c1ccccc1)C(C)(C)C. The average Bonchev–Trinajstić information content (AvgIpc) is 2.65. The van der Waals surface area contributed by atoms with Gasteiger partial charge in [0.2, 0.25) is 0 Å². The summed E-state index contributed by atoms with van der Waals surface area (Å²) in [5, 5.41) is 2.40. The van der Waals surface area contributed by atoms with Crippen molar-refractivity contribution in [2.24, 2.45) is 0 Å². The van der Waals surface area contributed by atoms with E-state index in [1.54, 1.807) is 0 Å². The molecule has 2 rings (SSSR count). The average molecular weight is 365 g/mol. The fourth-order valence-electron chi connectivity index (χ4n) is 3.38. The van der Waals surface area contributed by atoms with Crippen molar-refractivity contribution in [3.63, 3.8) is 0 Å². The van der Waals surface area contributed by atoms with Crippen LogP contribution >= 0.6 is 0 Å². The van der Waals surface area contributed by atoms with Gasteiger partial charge in [0.05, 0.1) is 6.10 Å². The predicted molar refractivity (Wildman–Crippen MR) is 113 cm³/mol. The highest BCUT2D eigenvalue weighted by molar-refractivity contribution is 6.99. The first-order valence-electron chi connectivity index (χ1n) is 8.97. The van der Waals surface area contributed by atoms with E-state index in [2.05, 4.69) is 75.9 Å². The van der Waals surface area contributed by atoms with Crippen LogP contribution in [-0.4, -0.2) is 20.7 Å². The van der Waals surface area contributed by atoms with Crippen molar-refractivity contribution in [3.05, 3.63) is 85.5 Å². The van der Waals surface area contributed by atoms with E-state index in [0.717, 1.165) is 6.29 Å². The van der Waals surface area contributed by atoms with Gasteiger partial charge in [-0.05, 0) is 27.9 Å². The minimum Gasteiger partial charge on any atom is -0.401 e. The molecule has 26 heavy (non-hydrogen) atoms. The van der Waals surface area contributed by atoms with Crippen LogP contribution in [0, 0.1) is 0 Å². The molecule has 2 nitrogen and oxygen atoms in total. The molecule has 0 saturated heterocycles. The van der Waals surface area contributed by atoms with Crippen molar-refractivity contribution in [1.29, 1.82) is 0 Å². The summed E-state index contributed by atoms with van der Waals surface area (Å²) in [5.41, 5.74) is 0. The van der Waals surface area contributed by atoms with Crippen LogP contribution in [0.3, 0.4) is 0 Å². The van der Waals surface area contributed by atoms with Gasteiger partial charge in [0.1, 0.15) is 6.29 Å². The Bertz CT molecular complexity index is 690. The highest BCUT2D eigenvalue weighted by Gasteiger charge is 2.51. The zero-order chi connectivity index (χ0) is 19.0. The van der Waals surface area contributed by atoms with E-state index in [0.29, 0.717) is 6.42 Å². The maximum atomic E-state index is 10.6. The lowest BCUT2D eigenvalue weighted by atomic mass is 10.2. The van der Waals surface area contributed by atoms with Crippen LogP contribution in [0.25, 0.3) is 0 Å². The molecule has 0 N–H and O–H groups in total. The first-order chi connectivity index (χ1) is 12.5. The third kappa shape index (κ3) is 4.29. The van der Waals surface area contributed by atoms with E-state index in [1.807, 2.05) is 24.3 Å². The summed E-state index contributed by atoms with van der Waals surface area (Å²) in [7, 11) is -2.59. The molecule has 1 atom stereocenters. The molecule has 1 unspecified atom stereocenters. The second kappa shape index (κ2) is 8.92. The molecule has 0 heterocycles. The molecule has 2 aromatic carbocycles. The fraction of sp³-hybridized carbons (Fsp3) is 0.261. The Kier molecular flexibility index (Phi) is 6.89. The molecule has 0 aliphatic rings. The Balaban J connectivity index is 2.61.